The Morgan fingerprint density at radius 2 is 1.90 bits per heavy atom. The van der Waals surface area contributed by atoms with Gasteiger partial charge >= 0.3 is 6.09 Å². The second-order valence-electron chi connectivity index (χ2n) is 7.56. The summed E-state index contributed by atoms with van der Waals surface area (Å²) in [5, 5.41) is 3.71. The molecule has 2 fully saturated rings. The molecule has 1 aliphatic heterocycles. The van der Waals surface area contributed by atoms with Gasteiger partial charge < -0.3 is 20.7 Å². The van der Waals surface area contributed by atoms with Gasteiger partial charge in [-0.1, -0.05) is 6.42 Å². The zero-order valence-electron chi connectivity index (χ0n) is 13.7. The van der Waals surface area contributed by atoms with Crippen LogP contribution in [-0.2, 0) is 4.74 Å². The van der Waals surface area contributed by atoms with Gasteiger partial charge in [-0.15, -0.1) is 0 Å². The first kappa shape index (κ1) is 16.6. The van der Waals surface area contributed by atoms with Crippen molar-refractivity contribution in [3.8, 4) is 0 Å². The lowest BCUT2D eigenvalue weighted by Crippen LogP contribution is -2.53. The monoisotopic (exact) mass is 297 g/mol. The predicted molar refractivity (Wildman–Crippen MR) is 84.2 cm³/mol. The molecule has 5 heteroatoms. The van der Waals surface area contributed by atoms with Crippen molar-refractivity contribution in [1.29, 1.82) is 0 Å². The molecule has 1 saturated carbocycles. The lowest BCUT2D eigenvalue weighted by molar-refractivity contribution is 0.0180. The molecular formula is C16H31N3O2. The number of amides is 1. The number of carbonyl (C=O) groups is 1. The molecule has 3 N–H and O–H groups in total. The van der Waals surface area contributed by atoms with Crippen molar-refractivity contribution in [2.45, 2.75) is 83.0 Å². The molecule has 21 heavy (non-hydrogen) atoms. The largest absolute Gasteiger partial charge is 0.444 e. The Hall–Kier alpha value is -0.810. The Bertz CT molecular complexity index is 354. The summed E-state index contributed by atoms with van der Waals surface area (Å²) in [5.74, 6) is 0. The van der Waals surface area contributed by atoms with E-state index in [1.54, 1.807) is 0 Å². The van der Waals surface area contributed by atoms with Crippen molar-refractivity contribution in [2.75, 3.05) is 13.1 Å². The lowest BCUT2D eigenvalue weighted by Gasteiger charge is -2.37. The highest BCUT2D eigenvalue weighted by molar-refractivity contribution is 5.68. The highest BCUT2D eigenvalue weighted by Crippen LogP contribution is 2.20. The molecule has 2 rings (SSSR count). The lowest BCUT2D eigenvalue weighted by atomic mass is 9.90. The third kappa shape index (κ3) is 5.47. The standard InChI is InChI=1S/C16H31N3O2/c1-16(2,3)21-15(20)19-9-5-8-14(11-19)18-13-7-4-6-12(17)10-13/h12-14,18H,4-11,17H2,1-3H3. The van der Waals surface area contributed by atoms with Crippen molar-refractivity contribution in [3.05, 3.63) is 0 Å². The maximum atomic E-state index is 12.2. The van der Waals surface area contributed by atoms with E-state index in [0.717, 1.165) is 38.8 Å². The van der Waals surface area contributed by atoms with Crippen molar-refractivity contribution in [1.82, 2.24) is 10.2 Å². The van der Waals surface area contributed by atoms with Crippen LogP contribution in [0.2, 0.25) is 0 Å². The van der Waals surface area contributed by atoms with E-state index in [1.807, 2.05) is 25.7 Å². The Kier molecular flexibility index (Phi) is 5.49. The molecule has 0 aromatic rings. The van der Waals surface area contributed by atoms with Crippen LogP contribution in [0.3, 0.4) is 0 Å². The van der Waals surface area contributed by atoms with Gasteiger partial charge in [0.2, 0.25) is 0 Å². The maximum absolute atomic E-state index is 12.2. The summed E-state index contributed by atoms with van der Waals surface area (Å²) < 4.78 is 5.47. The Labute approximate surface area is 128 Å². The molecule has 1 saturated heterocycles. The summed E-state index contributed by atoms with van der Waals surface area (Å²) in [6, 6.07) is 1.22. The van der Waals surface area contributed by atoms with Gasteiger partial charge in [-0.2, -0.15) is 0 Å². The van der Waals surface area contributed by atoms with Crippen molar-refractivity contribution >= 4 is 6.09 Å². The molecule has 1 amide bonds. The number of piperidine rings is 1. The molecule has 5 nitrogen and oxygen atoms in total. The van der Waals surface area contributed by atoms with Gasteiger partial charge in [0, 0.05) is 31.2 Å². The Morgan fingerprint density at radius 3 is 2.57 bits per heavy atom. The highest BCUT2D eigenvalue weighted by Gasteiger charge is 2.29. The van der Waals surface area contributed by atoms with E-state index in [4.69, 9.17) is 10.5 Å². The number of hydrogen-bond donors (Lipinski definition) is 2. The van der Waals surface area contributed by atoms with Crippen LogP contribution in [0, 0.1) is 0 Å². The van der Waals surface area contributed by atoms with Gasteiger partial charge in [0.05, 0.1) is 0 Å². The van der Waals surface area contributed by atoms with Crippen LogP contribution in [0.15, 0.2) is 0 Å². The van der Waals surface area contributed by atoms with Crippen molar-refractivity contribution < 1.29 is 9.53 Å². The number of nitrogens with one attached hydrogen (secondary N) is 1. The number of likely N-dealkylation sites (tertiary alicyclic amines) is 1. The van der Waals surface area contributed by atoms with E-state index >= 15 is 0 Å². The maximum Gasteiger partial charge on any atom is 0.410 e. The van der Waals surface area contributed by atoms with Gasteiger partial charge in [-0.25, -0.2) is 4.79 Å². The van der Waals surface area contributed by atoms with Crippen LogP contribution in [0.4, 0.5) is 4.79 Å². The fourth-order valence-corrected chi connectivity index (χ4v) is 3.32. The quantitative estimate of drug-likeness (QED) is 0.820. The number of carbonyl (C=O) groups excluding carboxylic acids is 1. The number of nitrogens with zero attached hydrogens (tertiary/aromatic N) is 1. The first-order valence-corrected chi connectivity index (χ1v) is 8.33. The van der Waals surface area contributed by atoms with Crippen LogP contribution < -0.4 is 11.1 Å². The minimum absolute atomic E-state index is 0.186. The second kappa shape index (κ2) is 6.97. The fraction of sp³-hybridized carbons (Fsp3) is 0.938. The van der Waals surface area contributed by atoms with E-state index in [-0.39, 0.29) is 6.09 Å². The smallest absolute Gasteiger partial charge is 0.410 e. The van der Waals surface area contributed by atoms with Gasteiger partial charge in [0.15, 0.2) is 0 Å². The molecule has 3 unspecified atom stereocenters. The van der Waals surface area contributed by atoms with Crippen LogP contribution in [0.5, 0.6) is 0 Å². The average Bonchev–Trinajstić information content (AvgIpc) is 2.37. The van der Waals surface area contributed by atoms with Crippen molar-refractivity contribution in [2.24, 2.45) is 5.73 Å². The zero-order valence-corrected chi connectivity index (χ0v) is 13.7. The highest BCUT2D eigenvalue weighted by atomic mass is 16.6. The van der Waals surface area contributed by atoms with Crippen LogP contribution in [0.25, 0.3) is 0 Å². The van der Waals surface area contributed by atoms with E-state index in [9.17, 15) is 4.79 Å². The number of hydrogen-bond acceptors (Lipinski definition) is 4. The molecule has 0 aromatic heterocycles. The van der Waals surface area contributed by atoms with E-state index in [2.05, 4.69) is 5.32 Å². The Morgan fingerprint density at radius 1 is 1.19 bits per heavy atom. The number of rotatable bonds is 2. The normalized spacial score (nSPS) is 31.0. The molecular weight excluding hydrogens is 266 g/mol. The van der Waals surface area contributed by atoms with E-state index in [1.165, 1.54) is 12.8 Å². The first-order valence-electron chi connectivity index (χ1n) is 8.33. The molecule has 3 atom stereocenters. The molecule has 0 bridgehead atoms. The second-order valence-corrected chi connectivity index (χ2v) is 7.56. The molecule has 0 aromatic carbocycles. The van der Waals surface area contributed by atoms with Gasteiger partial charge in [-0.05, 0) is 52.9 Å². The molecule has 1 heterocycles. The number of nitrogens with two attached hydrogens (primary N) is 1. The van der Waals surface area contributed by atoms with E-state index in [0.29, 0.717) is 18.1 Å². The summed E-state index contributed by atoms with van der Waals surface area (Å²) in [7, 11) is 0. The summed E-state index contributed by atoms with van der Waals surface area (Å²) in [4.78, 5) is 14.0. The summed E-state index contributed by atoms with van der Waals surface area (Å²) in [5.41, 5.74) is 5.63. The van der Waals surface area contributed by atoms with E-state index < -0.39 is 5.60 Å². The van der Waals surface area contributed by atoms with Crippen LogP contribution >= 0.6 is 0 Å². The molecule has 0 radical (unpaired) electrons. The zero-order chi connectivity index (χ0) is 15.5. The summed E-state index contributed by atoms with van der Waals surface area (Å²) in [6.07, 6.45) is 6.60. The third-order valence-electron chi connectivity index (χ3n) is 4.26. The van der Waals surface area contributed by atoms with Crippen LogP contribution in [-0.4, -0.2) is 47.8 Å². The fourth-order valence-electron chi connectivity index (χ4n) is 3.32. The Balaban J connectivity index is 1.81. The molecule has 2 aliphatic rings. The molecule has 1 aliphatic carbocycles. The first-order chi connectivity index (χ1) is 9.83. The van der Waals surface area contributed by atoms with Gasteiger partial charge in [0.25, 0.3) is 0 Å². The van der Waals surface area contributed by atoms with Crippen LogP contribution in [0.1, 0.15) is 59.3 Å². The molecule has 0 spiro atoms. The summed E-state index contributed by atoms with van der Waals surface area (Å²) in [6.45, 7) is 7.29. The van der Waals surface area contributed by atoms with Crippen molar-refractivity contribution in [3.63, 3.8) is 0 Å². The van der Waals surface area contributed by atoms with Gasteiger partial charge in [-0.3, -0.25) is 0 Å². The minimum atomic E-state index is -0.423. The SMILES string of the molecule is CC(C)(C)OC(=O)N1CCCC(NC2CCCC(N)C2)C1. The summed E-state index contributed by atoms with van der Waals surface area (Å²) >= 11 is 0. The minimum Gasteiger partial charge on any atom is -0.444 e. The number of ether oxygens (including phenoxy) is 1. The predicted octanol–water partition coefficient (Wildman–Crippen LogP) is 2.25. The van der Waals surface area contributed by atoms with Gasteiger partial charge in [0.1, 0.15) is 5.60 Å². The average molecular weight is 297 g/mol. The topological polar surface area (TPSA) is 67.6 Å². The molecule has 122 valence electrons. The third-order valence-corrected chi connectivity index (χ3v) is 4.26.